The molecule has 0 aliphatic rings. The minimum absolute atomic E-state index is 0.0710. The summed E-state index contributed by atoms with van der Waals surface area (Å²) >= 11 is 5.13. The largest absolute Gasteiger partial charge is 0.387 e. The number of benzene rings is 2. The third-order valence-corrected chi connectivity index (χ3v) is 5.35. The summed E-state index contributed by atoms with van der Waals surface area (Å²) in [5.74, 6) is -0.0710. The molecule has 0 saturated carbocycles. The van der Waals surface area contributed by atoms with Crippen molar-refractivity contribution in [2.24, 2.45) is 0 Å². The van der Waals surface area contributed by atoms with Gasteiger partial charge in [0.25, 0.3) is 0 Å². The maximum Gasteiger partial charge on any atom is 0.0918 e. The molecule has 21 heavy (non-hydrogen) atoms. The second kappa shape index (κ2) is 6.56. The number of hydrogen-bond acceptors (Lipinski definition) is 2. The van der Waals surface area contributed by atoms with E-state index in [2.05, 4.69) is 40.2 Å². The molecule has 0 saturated heterocycles. The molecule has 1 atom stereocenters. The van der Waals surface area contributed by atoms with Crippen LogP contribution in [0.1, 0.15) is 28.7 Å². The Labute approximate surface area is 137 Å². The standard InChI is InChI=1S/C18H15BrOS/c19-16-12-21-11-15(16)18(20)17(13-7-3-1-4-8-13)14-9-5-2-6-10-14/h1-12,17-18,20H. The van der Waals surface area contributed by atoms with Crippen molar-refractivity contribution in [3.05, 3.63) is 92.6 Å². The molecular weight excluding hydrogens is 344 g/mol. The molecule has 2 aromatic carbocycles. The lowest BCUT2D eigenvalue weighted by Crippen LogP contribution is -2.12. The van der Waals surface area contributed by atoms with E-state index in [1.165, 1.54) is 0 Å². The molecule has 1 N–H and O–H groups in total. The number of aliphatic hydroxyl groups excluding tert-OH is 1. The van der Waals surface area contributed by atoms with Gasteiger partial charge in [-0.25, -0.2) is 0 Å². The maximum atomic E-state index is 10.9. The van der Waals surface area contributed by atoms with Crippen molar-refractivity contribution in [3.8, 4) is 0 Å². The predicted octanol–water partition coefficient (Wildman–Crippen LogP) is 5.38. The maximum absolute atomic E-state index is 10.9. The van der Waals surface area contributed by atoms with Gasteiger partial charge in [0, 0.05) is 21.3 Å². The highest BCUT2D eigenvalue weighted by Crippen LogP contribution is 2.40. The smallest absolute Gasteiger partial charge is 0.0918 e. The zero-order chi connectivity index (χ0) is 14.7. The molecular formula is C18H15BrOS. The Morgan fingerprint density at radius 3 is 1.76 bits per heavy atom. The van der Waals surface area contributed by atoms with Crippen LogP contribution in [0.25, 0.3) is 0 Å². The van der Waals surface area contributed by atoms with Crippen LogP contribution in [0.15, 0.2) is 75.9 Å². The SMILES string of the molecule is OC(c1cscc1Br)C(c1ccccc1)c1ccccc1. The van der Waals surface area contributed by atoms with Crippen LogP contribution in [0.3, 0.4) is 0 Å². The third-order valence-electron chi connectivity index (χ3n) is 3.59. The van der Waals surface area contributed by atoms with E-state index < -0.39 is 6.10 Å². The highest BCUT2D eigenvalue weighted by molar-refractivity contribution is 9.10. The topological polar surface area (TPSA) is 20.2 Å². The van der Waals surface area contributed by atoms with Crippen molar-refractivity contribution in [2.45, 2.75) is 12.0 Å². The van der Waals surface area contributed by atoms with E-state index in [1.807, 2.05) is 47.2 Å². The summed E-state index contributed by atoms with van der Waals surface area (Å²) in [6.45, 7) is 0. The lowest BCUT2D eigenvalue weighted by Gasteiger charge is -2.24. The highest BCUT2D eigenvalue weighted by Gasteiger charge is 2.26. The molecule has 0 amide bonds. The van der Waals surface area contributed by atoms with Crippen LogP contribution in [-0.4, -0.2) is 5.11 Å². The summed E-state index contributed by atoms with van der Waals surface area (Å²) in [6.07, 6.45) is -0.574. The van der Waals surface area contributed by atoms with Gasteiger partial charge < -0.3 is 5.11 Å². The molecule has 0 bridgehead atoms. The van der Waals surface area contributed by atoms with E-state index in [0.717, 1.165) is 21.2 Å². The first-order chi connectivity index (χ1) is 10.3. The monoisotopic (exact) mass is 358 g/mol. The van der Waals surface area contributed by atoms with E-state index in [1.54, 1.807) is 11.3 Å². The average Bonchev–Trinajstić information content (AvgIpc) is 2.96. The van der Waals surface area contributed by atoms with Crippen molar-refractivity contribution in [1.29, 1.82) is 0 Å². The zero-order valence-corrected chi connectivity index (χ0v) is 13.7. The predicted molar refractivity (Wildman–Crippen MR) is 91.7 cm³/mol. The van der Waals surface area contributed by atoms with Crippen LogP contribution in [-0.2, 0) is 0 Å². The molecule has 3 aromatic rings. The Morgan fingerprint density at radius 1 is 0.810 bits per heavy atom. The fourth-order valence-electron chi connectivity index (χ4n) is 2.56. The second-order valence-electron chi connectivity index (χ2n) is 4.92. The van der Waals surface area contributed by atoms with Crippen LogP contribution in [0.2, 0.25) is 0 Å². The Balaban J connectivity index is 2.07. The second-order valence-corrected chi connectivity index (χ2v) is 6.52. The Morgan fingerprint density at radius 2 is 1.33 bits per heavy atom. The Bertz CT molecular complexity index is 654. The van der Waals surface area contributed by atoms with Gasteiger partial charge in [0.15, 0.2) is 0 Å². The minimum atomic E-state index is -0.574. The zero-order valence-electron chi connectivity index (χ0n) is 11.3. The van der Waals surface area contributed by atoms with Crippen molar-refractivity contribution in [2.75, 3.05) is 0 Å². The van der Waals surface area contributed by atoms with Gasteiger partial charge in [-0.15, -0.1) is 0 Å². The highest BCUT2D eigenvalue weighted by atomic mass is 79.9. The Hall–Kier alpha value is -1.42. The van der Waals surface area contributed by atoms with Crippen molar-refractivity contribution >= 4 is 27.3 Å². The van der Waals surface area contributed by atoms with Crippen LogP contribution < -0.4 is 0 Å². The summed E-state index contributed by atoms with van der Waals surface area (Å²) in [7, 11) is 0. The molecule has 0 fully saturated rings. The van der Waals surface area contributed by atoms with Gasteiger partial charge in [-0.1, -0.05) is 60.7 Å². The van der Waals surface area contributed by atoms with Gasteiger partial charge in [0.2, 0.25) is 0 Å². The number of thiophene rings is 1. The first kappa shape index (κ1) is 14.5. The first-order valence-electron chi connectivity index (χ1n) is 6.77. The number of aliphatic hydroxyl groups is 1. The molecule has 1 heterocycles. The van der Waals surface area contributed by atoms with Gasteiger partial charge in [-0.2, -0.15) is 11.3 Å². The van der Waals surface area contributed by atoms with Crippen LogP contribution >= 0.6 is 27.3 Å². The third kappa shape index (κ3) is 3.10. The van der Waals surface area contributed by atoms with Gasteiger partial charge in [-0.3, -0.25) is 0 Å². The van der Waals surface area contributed by atoms with Crippen LogP contribution in [0.5, 0.6) is 0 Å². The molecule has 1 nitrogen and oxygen atoms in total. The van der Waals surface area contributed by atoms with Crippen LogP contribution in [0.4, 0.5) is 0 Å². The number of rotatable bonds is 4. The average molecular weight is 359 g/mol. The summed E-state index contributed by atoms with van der Waals surface area (Å²) in [5.41, 5.74) is 3.18. The molecule has 0 spiro atoms. The van der Waals surface area contributed by atoms with Crippen molar-refractivity contribution < 1.29 is 5.11 Å². The van der Waals surface area contributed by atoms with Gasteiger partial charge in [0.1, 0.15) is 0 Å². The summed E-state index contributed by atoms with van der Waals surface area (Å²) in [4.78, 5) is 0. The van der Waals surface area contributed by atoms with Gasteiger partial charge in [-0.05, 0) is 32.4 Å². The first-order valence-corrected chi connectivity index (χ1v) is 8.50. The summed E-state index contributed by atoms with van der Waals surface area (Å²) in [5, 5.41) is 14.9. The lowest BCUT2D eigenvalue weighted by molar-refractivity contribution is 0.159. The lowest BCUT2D eigenvalue weighted by atomic mass is 9.84. The van der Waals surface area contributed by atoms with Gasteiger partial charge in [0.05, 0.1) is 6.10 Å². The van der Waals surface area contributed by atoms with Crippen molar-refractivity contribution in [3.63, 3.8) is 0 Å². The molecule has 106 valence electrons. The van der Waals surface area contributed by atoms with E-state index in [4.69, 9.17) is 0 Å². The number of hydrogen-bond donors (Lipinski definition) is 1. The molecule has 1 unspecified atom stereocenters. The molecule has 0 aliphatic heterocycles. The molecule has 0 radical (unpaired) electrons. The van der Waals surface area contributed by atoms with E-state index >= 15 is 0 Å². The minimum Gasteiger partial charge on any atom is -0.387 e. The summed E-state index contributed by atoms with van der Waals surface area (Å²) < 4.78 is 0.969. The summed E-state index contributed by atoms with van der Waals surface area (Å²) in [6, 6.07) is 20.3. The quantitative estimate of drug-likeness (QED) is 0.663. The molecule has 3 heteroatoms. The fraction of sp³-hybridized carbons (Fsp3) is 0.111. The van der Waals surface area contributed by atoms with E-state index in [9.17, 15) is 5.11 Å². The van der Waals surface area contributed by atoms with Gasteiger partial charge >= 0.3 is 0 Å². The molecule has 3 rings (SSSR count). The van der Waals surface area contributed by atoms with E-state index in [-0.39, 0.29) is 5.92 Å². The Kier molecular flexibility index (Phi) is 4.54. The van der Waals surface area contributed by atoms with E-state index in [0.29, 0.717) is 0 Å². The van der Waals surface area contributed by atoms with Crippen molar-refractivity contribution in [1.82, 2.24) is 0 Å². The molecule has 1 aromatic heterocycles. The fourth-order valence-corrected chi connectivity index (χ4v) is 4.12. The molecule has 0 aliphatic carbocycles. The van der Waals surface area contributed by atoms with Crippen LogP contribution in [0, 0.1) is 0 Å². The normalized spacial score (nSPS) is 12.5. The number of halogens is 1.